The second-order valence-electron chi connectivity index (χ2n) is 5.77. The van der Waals surface area contributed by atoms with Crippen molar-refractivity contribution in [3.8, 4) is 0 Å². The van der Waals surface area contributed by atoms with Gasteiger partial charge < -0.3 is 5.32 Å². The third-order valence-corrected chi connectivity index (χ3v) is 4.04. The fourth-order valence-electron chi connectivity index (χ4n) is 2.78. The van der Waals surface area contributed by atoms with Gasteiger partial charge in [-0.25, -0.2) is 4.68 Å². The van der Waals surface area contributed by atoms with Gasteiger partial charge in [0.1, 0.15) is 5.69 Å². The molecule has 23 heavy (non-hydrogen) atoms. The molecule has 0 saturated heterocycles. The number of carbonyl (C=O) groups excluding carboxylic acids is 1. The van der Waals surface area contributed by atoms with E-state index in [-0.39, 0.29) is 17.2 Å². The van der Waals surface area contributed by atoms with Crippen LogP contribution < -0.4 is 10.9 Å². The van der Waals surface area contributed by atoms with E-state index in [1.807, 2.05) is 0 Å². The molecule has 0 aliphatic carbocycles. The molecule has 0 saturated carbocycles. The maximum absolute atomic E-state index is 12.0. The number of carbonyl (C=O) groups is 1. The van der Waals surface area contributed by atoms with Crippen molar-refractivity contribution in [1.82, 2.24) is 20.0 Å². The molecule has 0 unspecified atom stereocenters. The maximum Gasteiger partial charge on any atom is 0.271 e. The molecule has 2 aromatic rings. The van der Waals surface area contributed by atoms with Crippen molar-refractivity contribution in [2.24, 2.45) is 7.05 Å². The van der Waals surface area contributed by atoms with Gasteiger partial charge in [-0.15, -0.1) is 0 Å². The van der Waals surface area contributed by atoms with E-state index in [9.17, 15) is 9.59 Å². The third kappa shape index (κ3) is 3.65. The minimum absolute atomic E-state index is 0.227. The van der Waals surface area contributed by atoms with Crippen LogP contribution >= 0.6 is 0 Å². The van der Waals surface area contributed by atoms with E-state index in [4.69, 9.17) is 0 Å². The lowest BCUT2D eigenvalue weighted by Crippen LogP contribution is -2.30. The van der Waals surface area contributed by atoms with Crippen molar-refractivity contribution in [2.45, 2.75) is 19.5 Å². The zero-order chi connectivity index (χ0) is 16.2. The standard InChI is InChI=1S/C17H20N4O2/c1-20-16(22)8-7-15(19-20)17(23)18-9-4-10-21-11-13-5-2-3-6-14(13)12-21/h2-3,5-8H,4,9-12H2,1H3,(H,18,23). The van der Waals surface area contributed by atoms with E-state index in [0.29, 0.717) is 6.54 Å². The third-order valence-electron chi connectivity index (χ3n) is 4.04. The Hall–Kier alpha value is -2.47. The number of rotatable bonds is 5. The molecule has 0 bridgehead atoms. The zero-order valence-corrected chi connectivity index (χ0v) is 13.2. The van der Waals surface area contributed by atoms with Gasteiger partial charge in [0.2, 0.25) is 0 Å². The average Bonchev–Trinajstić information content (AvgIpc) is 2.96. The molecule has 6 heteroatoms. The van der Waals surface area contributed by atoms with Crippen LogP contribution in [0.5, 0.6) is 0 Å². The minimum atomic E-state index is -0.245. The van der Waals surface area contributed by atoms with E-state index < -0.39 is 0 Å². The second-order valence-corrected chi connectivity index (χ2v) is 5.77. The fourth-order valence-corrected chi connectivity index (χ4v) is 2.78. The van der Waals surface area contributed by atoms with E-state index in [2.05, 4.69) is 39.6 Å². The van der Waals surface area contributed by atoms with Crippen LogP contribution in [0, 0.1) is 0 Å². The Morgan fingerprint density at radius 2 is 1.87 bits per heavy atom. The van der Waals surface area contributed by atoms with Gasteiger partial charge in [-0.1, -0.05) is 24.3 Å². The quantitative estimate of drug-likeness (QED) is 0.834. The monoisotopic (exact) mass is 312 g/mol. The summed E-state index contributed by atoms with van der Waals surface area (Å²) in [4.78, 5) is 25.6. The molecule has 1 N–H and O–H groups in total. The van der Waals surface area contributed by atoms with Crippen LogP contribution in [0.1, 0.15) is 28.0 Å². The van der Waals surface area contributed by atoms with Gasteiger partial charge >= 0.3 is 0 Å². The Bertz CT molecular complexity index is 744. The molecule has 6 nitrogen and oxygen atoms in total. The lowest BCUT2D eigenvalue weighted by molar-refractivity contribution is 0.0944. The van der Waals surface area contributed by atoms with Crippen molar-refractivity contribution < 1.29 is 4.79 Å². The van der Waals surface area contributed by atoms with Crippen molar-refractivity contribution in [1.29, 1.82) is 0 Å². The van der Waals surface area contributed by atoms with Crippen LogP contribution in [-0.2, 0) is 20.1 Å². The number of hydrogen-bond donors (Lipinski definition) is 1. The Balaban J connectivity index is 1.43. The zero-order valence-electron chi connectivity index (χ0n) is 13.2. The highest BCUT2D eigenvalue weighted by Crippen LogP contribution is 2.21. The number of benzene rings is 1. The average molecular weight is 312 g/mol. The van der Waals surface area contributed by atoms with E-state index in [0.717, 1.165) is 30.7 Å². The first kappa shape index (κ1) is 15.4. The van der Waals surface area contributed by atoms with Crippen molar-refractivity contribution in [3.05, 3.63) is 63.6 Å². The molecule has 0 spiro atoms. The summed E-state index contributed by atoms with van der Waals surface area (Å²) in [5.74, 6) is -0.245. The molecular formula is C17H20N4O2. The smallest absolute Gasteiger partial charge is 0.271 e. The lowest BCUT2D eigenvalue weighted by Gasteiger charge is -2.14. The molecule has 1 amide bonds. The highest BCUT2D eigenvalue weighted by Gasteiger charge is 2.17. The van der Waals surface area contributed by atoms with Crippen LogP contribution in [-0.4, -0.2) is 33.7 Å². The minimum Gasteiger partial charge on any atom is -0.351 e. The molecule has 1 aliphatic rings. The normalized spacial score (nSPS) is 13.8. The van der Waals surface area contributed by atoms with Gasteiger partial charge in [0.05, 0.1) is 0 Å². The van der Waals surface area contributed by atoms with Crippen molar-refractivity contribution in [2.75, 3.05) is 13.1 Å². The molecule has 0 radical (unpaired) electrons. The Morgan fingerprint density at radius 1 is 1.17 bits per heavy atom. The molecule has 120 valence electrons. The van der Waals surface area contributed by atoms with Gasteiger partial charge in [-0.05, 0) is 23.6 Å². The van der Waals surface area contributed by atoms with Crippen LogP contribution in [0.3, 0.4) is 0 Å². The summed E-state index contributed by atoms with van der Waals surface area (Å²) < 4.78 is 1.16. The van der Waals surface area contributed by atoms with Crippen LogP contribution in [0.15, 0.2) is 41.2 Å². The Kier molecular flexibility index (Phi) is 4.52. The summed E-state index contributed by atoms with van der Waals surface area (Å²) >= 11 is 0. The molecule has 1 aromatic carbocycles. The molecule has 3 rings (SSSR count). The number of nitrogens with one attached hydrogen (secondary N) is 1. The summed E-state index contributed by atoms with van der Waals surface area (Å²) in [5, 5.41) is 6.78. The van der Waals surface area contributed by atoms with Gasteiger partial charge in [0, 0.05) is 39.3 Å². The SMILES string of the molecule is Cn1nc(C(=O)NCCCN2Cc3ccccc3C2)ccc1=O. The van der Waals surface area contributed by atoms with Gasteiger partial charge in [-0.3, -0.25) is 14.5 Å². The summed E-state index contributed by atoms with van der Waals surface area (Å²) in [6.45, 7) is 3.49. The summed E-state index contributed by atoms with van der Waals surface area (Å²) in [6, 6.07) is 11.3. The molecule has 2 heterocycles. The van der Waals surface area contributed by atoms with Gasteiger partial charge in [0.15, 0.2) is 0 Å². The number of hydrogen-bond acceptors (Lipinski definition) is 4. The molecule has 0 atom stereocenters. The topological polar surface area (TPSA) is 67.2 Å². The Labute approximate surface area is 134 Å². The number of amides is 1. The summed E-state index contributed by atoms with van der Waals surface area (Å²) in [7, 11) is 1.53. The lowest BCUT2D eigenvalue weighted by atomic mass is 10.1. The van der Waals surface area contributed by atoms with Gasteiger partial charge in [-0.2, -0.15) is 5.10 Å². The first-order valence-electron chi connectivity index (χ1n) is 7.75. The van der Waals surface area contributed by atoms with Gasteiger partial charge in [0.25, 0.3) is 11.5 Å². The van der Waals surface area contributed by atoms with Crippen LogP contribution in [0.2, 0.25) is 0 Å². The van der Waals surface area contributed by atoms with E-state index in [1.165, 1.54) is 30.3 Å². The highest BCUT2D eigenvalue weighted by atomic mass is 16.2. The number of fused-ring (bicyclic) bond motifs is 1. The number of nitrogens with zero attached hydrogens (tertiary/aromatic N) is 3. The Morgan fingerprint density at radius 3 is 2.52 bits per heavy atom. The first-order valence-corrected chi connectivity index (χ1v) is 7.75. The summed E-state index contributed by atoms with van der Waals surface area (Å²) in [5.41, 5.74) is 2.83. The maximum atomic E-state index is 12.0. The largest absolute Gasteiger partial charge is 0.351 e. The number of aromatic nitrogens is 2. The summed E-state index contributed by atoms with van der Waals surface area (Å²) in [6.07, 6.45) is 0.880. The molecular weight excluding hydrogens is 292 g/mol. The predicted molar refractivity (Wildman–Crippen MR) is 87.0 cm³/mol. The first-order chi connectivity index (χ1) is 11.1. The molecule has 1 aliphatic heterocycles. The van der Waals surface area contributed by atoms with Crippen molar-refractivity contribution in [3.63, 3.8) is 0 Å². The molecule has 1 aromatic heterocycles. The van der Waals surface area contributed by atoms with Crippen molar-refractivity contribution >= 4 is 5.91 Å². The van der Waals surface area contributed by atoms with E-state index in [1.54, 1.807) is 0 Å². The number of aryl methyl sites for hydroxylation is 1. The van der Waals surface area contributed by atoms with E-state index >= 15 is 0 Å². The second kappa shape index (κ2) is 6.75. The highest BCUT2D eigenvalue weighted by molar-refractivity contribution is 5.91. The van der Waals surface area contributed by atoms with Crippen LogP contribution in [0.4, 0.5) is 0 Å². The molecule has 0 fully saturated rings. The van der Waals surface area contributed by atoms with Crippen LogP contribution in [0.25, 0.3) is 0 Å². The fraction of sp³-hybridized carbons (Fsp3) is 0.353. The predicted octanol–water partition coefficient (Wildman–Crippen LogP) is 0.916.